The molecule has 0 aromatic carbocycles. The van der Waals surface area contributed by atoms with Gasteiger partial charge in [-0.05, 0) is 36.4 Å². The summed E-state index contributed by atoms with van der Waals surface area (Å²) in [5.74, 6) is 0. The van der Waals surface area contributed by atoms with Crippen molar-refractivity contribution in [2.45, 2.75) is 38.0 Å². The average Bonchev–Trinajstić information content (AvgIpc) is 2.66. The highest BCUT2D eigenvalue weighted by Gasteiger charge is 2.35. The molecule has 1 fully saturated rings. The molecule has 1 aromatic heterocycles. The van der Waals surface area contributed by atoms with E-state index >= 15 is 0 Å². The van der Waals surface area contributed by atoms with Crippen LogP contribution in [0, 0.1) is 0 Å². The number of hydrogen-bond donors (Lipinski definition) is 1. The molecule has 0 unspecified atom stereocenters. The van der Waals surface area contributed by atoms with E-state index in [1.165, 1.54) is 29.7 Å². The van der Waals surface area contributed by atoms with Crippen molar-refractivity contribution in [2.24, 2.45) is 0 Å². The molecular weight excluding hydrogens is 194 g/mol. The van der Waals surface area contributed by atoms with Crippen LogP contribution in [-0.4, -0.2) is 22.6 Å². The van der Waals surface area contributed by atoms with E-state index < -0.39 is 0 Å². The third kappa shape index (κ3) is 1.23. The number of nitrogens with zero attached hydrogens (tertiary/aromatic N) is 1. The molecule has 1 N–H and O–H groups in total. The Bertz CT molecular complexity index is 336. The maximum absolute atomic E-state index is 10.2. The maximum Gasteiger partial charge on any atom is 0.104 e. The van der Waals surface area contributed by atoms with Gasteiger partial charge in [-0.2, -0.15) is 0 Å². The highest BCUT2D eigenvalue weighted by atomic mass is 32.1. The summed E-state index contributed by atoms with van der Waals surface area (Å²) in [4.78, 5) is 3.66. The second-order valence-corrected chi connectivity index (χ2v) is 5.24. The van der Waals surface area contributed by atoms with Crippen molar-refractivity contribution in [1.29, 1.82) is 0 Å². The molecule has 3 heterocycles. The predicted octanol–water partition coefficient (Wildman–Crippen LogP) is 2.15. The molecule has 76 valence electrons. The van der Waals surface area contributed by atoms with Crippen LogP contribution in [0.4, 0.5) is 0 Å². The summed E-state index contributed by atoms with van der Waals surface area (Å²) in [6.45, 7) is 2.22. The van der Waals surface area contributed by atoms with E-state index in [0.717, 1.165) is 13.1 Å². The number of aliphatic hydroxyl groups is 1. The molecule has 3 rings (SSSR count). The van der Waals surface area contributed by atoms with Gasteiger partial charge in [0, 0.05) is 17.5 Å². The van der Waals surface area contributed by atoms with E-state index in [-0.39, 0.29) is 6.10 Å². The topological polar surface area (TPSA) is 23.5 Å². The first-order valence-electron chi connectivity index (χ1n) is 5.34. The van der Waals surface area contributed by atoms with Gasteiger partial charge in [0.15, 0.2) is 0 Å². The van der Waals surface area contributed by atoms with Crippen molar-refractivity contribution in [3.63, 3.8) is 0 Å². The third-order valence-corrected chi connectivity index (χ3v) is 4.48. The molecule has 2 nitrogen and oxygen atoms in total. The minimum absolute atomic E-state index is 0.223. The SMILES string of the molecule is O[C@@H]1c2sccc2CN2CCCC[C@@H]12. The standard InChI is InChI=1S/C11H15NOS/c13-10-9-3-1-2-5-12(9)7-8-4-6-14-11(8)10/h4,6,9-10,13H,1-3,5,7H2/t9-,10-/m0/s1. The molecule has 0 bridgehead atoms. The van der Waals surface area contributed by atoms with E-state index in [2.05, 4.69) is 16.3 Å². The van der Waals surface area contributed by atoms with Gasteiger partial charge in [-0.25, -0.2) is 0 Å². The van der Waals surface area contributed by atoms with Crippen molar-refractivity contribution >= 4 is 11.3 Å². The second-order valence-electron chi connectivity index (χ2n) is 4.29. The molecule has 0 aliphatic carbocycles. The number of hydrogen-bond acceptors (Lipinski definition) is 3. The molecule has 3 heteroatoms. The van der Waals surface area contributed by atoms with Crippen LogP contribution in [0.3, 0.4) is 0 Å². The number of thiophene rings is 1. The van der Waals surface area contributed by atoms with Gasteiger partial charge in [-0.3, -0.25) is 4.90 Å². The lowest BCUT2D eigenvalue weighted by Crippen LogP contribution is -2.45. The molecule has 0 saturated carbocycles. The molecule has 0 amide bonds. The normalized spacial score (nSPS) is 32.4. The zero-order valence-corrected chi connectivity index (χ0v) is 8.96. The molecule has 2 aliphatic rings. The number of piperidine rings is 1. The van der Waals surface area contributed by atoms with Crippen LogP contribution in [-0.2, 0) is 6.54 Å². The average molecular weight is 209 g/mol. The Hall–Kier alpha value is -0.380. The highest BCUT2D eigenvalue weighted by Crippen LogP contribution is 2.38. The lowest BCUT2D eigenvalue weighted by Gasteiger charge is -2.41. The van der Waals surface area contributed by atoms with Crippen molar-refractivity contribution in [3.8, 4) is 0 Å². The summed E-state index contributed by atoms with van der Waals surface area (Å²) < 4.78 is 0. The van der Waals surface area contributed by atoms with E-state index in [1.807, 2.05) is 0 Å². The molecule has 14 heavy (non-hydrogen) atoms. The van der Waals surface area contributed by atoms with Crippen LogP contribution in [0.5, 0.6) is 0 Å². The third-order valence-electron chi connectivity index (χ3n) is 3.45. The van der Waals surface area contributed by atoms with Crippen LogP contribution in [0.15, 0.2) is 11.4 Å². The summed E-state index contributed by atoms with van der Waals surface area (Å²) >= 11 is 1.71. The first-order chi connectivity index (χ1) is 6.86. The smallest absolute Gasteiger partial charge is 0.104 e. The van der Waals surface area contributed by atoms with Crippen LogP contribution in [0.25, 0.3) is 0 Å². The van der Waals surface area contributed by atoms with Gasteiger partial charge in [0.05, 0.1) is 0 Å². The van der Waals surface area contributed by atoms with Gasteiger partial charge in [0.1, 0.15) is 6.10 Å². The molecule has 1 saturated heterocycles. The van der Waals surface area contributed by atoms with Crippen LogP contribution < -0.4 is 0 Å². The molecule has 2 aliphatic heterocycles. The van der Waals surface area contributed by atoms with Crippen LogP contribution >= 0.6 is 11.3 Å². The minimum Gasteiger partial charge on any atom is -0.386 e. The van der Waals surface area contributed by atoms with Crippen LogP contribution in [0.1, 0.15) is 35.8 Å². The van der Waals surface area contributed by atoms with Crippen molar-refractivity contribution < 1.29 is 5.11 Å². The summed E-state index contributed by atoms with van der Waals surface area (Å²) in [6.07, 6.45) is 3.51. The Morgan fingerprint density at radius 2 is 2.36 bits per heavy atom. The lowest BCUT2D eigenvalue weighted by molar-refractivity contribution is 0.00868. The first-order valence-corrected chi connectivity index (χ1v) is 6.22. The summed E-state index contributed by atoms with van der Waals surface area (Å²) in [7, 11) is 0. The predicted molar refractivity (Wildman–Crippen MR) is 57.3 cm³/mol. The Kier molecular flexibility index (Phi) is 2.11. The van der Waals surface area contributed by atoms with Crippen molar-refractivity contribution in [1.82, 2.24) is 4.90 Å². The molecule has 0 spiro atoms. The quantitative estimate of drug-likeness (QED) is 0.707. The number of fused-ring (bicyclic) bond motifs is 2. The number of aliphatic hydroxyl groups excluding tert-OH is 1. The highest BCUT2D eigenvalue weighted by molar-refractivity contribution is 7.10. The summed E-state index contributed by atoms with van der Waals surface area (Å²) in [5, 5.41) is 12.3. The zero-order valence-electron chi connectivity index (χ0n) is 8.15. The van der Waals surface area contributed by atoms with Gasteiger partial charge in [0.2, 0.25) is 0 Å². The van der Waals surface area contributed by atoms with Gasteiger partial charge in [-0.15, -0.1) is 11.3 Å². The van der Waals surface area contributed by atoms with Crippen molar-refractivity contribution in [2.75, 3.05) is 6.54 Å². The molecule has 2 atom stereocenters. The van der Waals surface area contributed by atoms with Gasteiger partial charge >= 0.3 is 0 Å². The summed E-state index contributed by atoms with van der Waals surface area (Å²) in [6, 6.07) is 2.56. The minimum atomic E-state index is -0.223. The van der Waals surface area contributed by atoms with Crippen LogP contribution in [0.2, 0.25) is 0 Å². The Balaban J connectivity index is 1.96. The Morgan fingerprint density at radius 3 is 3.29 bits per heavy atom. The fraction of sp³-hybridized carbons (Fsp3) is 0.636. The Morgan fingerprint density at radius 1 is 1.43 bits per heavy atom. The molecule has 1 aromatic rings. The second kappa shape index (κ2) is 3.33. The van der Waals surface area contributed by atoms with E-state index in [1.54, 1.807) is 11.3 Å². The van der Waals surface area contributed by atoms with E-state index in [0.29, 0.717) is 6.04 Å². The van der Waals surface area contributed by atoms with Crippen molar-refractivity contribution in [3.05, 3.63) is 21.9 Å². The monoisotopic (exact) mass is 209 g/mol. The fourth-order valence-corrected chi connectivity index (χ4v) is 3.66. The first kappa shape index (κ1) is 8.89. The van der Waals surface area contributed by atoms with Gasteiger partial charge < -0.3 is 5.11 Å². The summed E-state index contributed by atoms with van der Waals surface area (Å²) in [5.41, 5.74) is 1.35. The van der Waals surface area contributed by atoms with Gasteiger partial charge in [-0.1, -0.05) is 6.42 Å². The van der Waals surface area contributed by atoms with E-state index in [4.69, 9.17) is 0 Å². The Labute approximate surface area is 88.2 Å². The molecule has 0 radical (unpaired) electrons. The lowest BCUT2D eigenvalue weighted by atomic mass is 9.91. The van der Waals surface area contributed by atoms with E-state index in [9.17, 15) is 5.11 Å². The number of rotatable bonds is 0. The largest absolute Gasteiger partial charge is 0.386 e. The fourth-order valence-electron chi connectivity index (χ4n) is 2.70. The maximum atomic E-state index is 10.2. The zero-order chi connectivity index (χ0) is 9.54. The van der Waals surface area contributed by atoms with Gasteiger partial charge in [0.25, 0.3) is 0 Å². The molecular formula is C11H15NOS.